The maximum absolute atomic E-state index is 13.1. The number of rotatable bonds is 4. The van der Waals surface area contributed by atoms with Gasteiger partial charge in [-0.15, -0.1) is 0 Å². The van der Waals surface area contributed by atoms with Crippen LogP contribution in [0.25, 0.3) is 23.0 Å². The lowest BCUT2D eigenvalue weighted by Crippen LogP contribution is -2.27. The number of carbonyl (C=O) groups excluding carboxylic acids is 1. The molecular formula is C24H16ClFN2O2. The smallest absolute Gasteiger partial charge is 0.269 e. The summed E-state index contributed by atoms with van der Waals surface area (Å²) in [5, 5.41) is 0.553. The fourth-order valence-electron chi connectivity index (χ4n) is 3.07. The van der Waals surface area contributed by atoms with Gasteiger partial charge < -0.3 is 0 Å². The van der Waals surface area contributed by atoms with Crippen LogP contribution in [-0.4, -0.2) is 15.0 Å². The normalized spacial score (nSPS) is 11.1. The quantitative estimate of drug-likeness (QED) is 0.413. The van der Waals surface area contributed by atoms with Crippen molar-refractivity contribution in [3.63, 3.8) is 0 Å². The molecule has 4 aromatic rings. The van der Waals surface area contributed by atoms with E-state index in [0.717, 1.165) is 4.57 Å². The van der Waals surface area contributed by atoms with Crippen LogP contribution in [0, 0.1) is 5.82 Å². The summed E-state index contributed by atoms with van der Waals surface area (Å²) in [6, 6.07) is 21.7. The highest BCUT2D eigenvalue weighted by atomic mass is 35.5. The summed E-state index contributed by atoms with van der Waals surface area (Å²) in [7, 11) is 0. The van der Waals surface area contributed by atoms with E-state index in [9.17, 15) is 14.0 Å². The zero-order valence-corrected chi connectivity index (χ0v) is 16.5. The molecule has 4 nitrogen and oxygen atoms in total. The number of hydrogen-bond donors (Lipinski definition) is 0. The number of allylic oxidation sites excluding steroid dienone is 1. The highest BCUT2D eigenvalue weighted by molar-refractivity contribution is 6.30. The van der Waals surface area contributed by atoms with E-state index in [4.69, 9.17) is 11.6 Å². The van der Waals surface area contributed by atoms with Gasteiger partial charge in [-0.2, -0.15) is 0 Å². The number of aromatic nitrogens is 2. The van der Waals surface area contributed by atoms with Gasteiger partial charge >= 0.3 is 5.69 Å². The molecule has 0 aliphatic carbocycles. The minimum Gasteiger partial charge on any atom is -0.269 e. The molecule has 0 aliphatic rings. The van der Waals surface area contributed by atoms with E-state index in [1.807, 2.05) is 18.2 Å². The molecule has 30 heavy (non-hydrogen) atoms. The van der Waals surface area contributed by atoms with Gasteiger partial charge in [0, 0.05) is 22.9 Å². The molecule has 0 bridgehead atoms. The molecule has 3 aromatic carbocycles. The zero-order chi connectivity index (χ0) is 21.1. The second-order valence-electron chi connectivity index (χ2n) is 6.57. The largest absolute Gasteiger partial charge is 0.340 e. The van der Waals surface area contributed by atoms with Crippen LogP contribution in [0.2, 0.25) is 5.02 Å². The van der Waals surface area contributed by atoms with Crippen molar-refractivity contribution in [1.82, 2.24) is 9.13 Å². The van der Waals surface area contributed by atoms with E-state index < -0.39 is 11.6 Å². The molecule has 0 N–H and O–H groups in total. The van der Waals surface area contributed by atoms with Crippen molar-refractivity contribution < 1.29 is 9.18 Å². The fraction of sp³-hybridized carbons (Fsp3) is 0. The van der Waals surface area contributed by atoms with E-state index in [2.05, 4.69) is 0 Å². The number of hydrogen-bond acceptors (Lipinski definition) is 2. The molecule has 0 aliphatic heterocycles. The molecule has 0 radical (unpaired) electrons. The van der Waals surface area contributed by atoms with E-state index in [0.29, 0.717) is 27.5 Å². The summed E-state index contributed by atoms with van der Waals surface area (Å²) in [5.41, 5.74) is 1.92. The molecule has 0 saturated carbocycles. The predicted octanol–water partition coefficient (Wildman–Crippen LogP) is 5.45. The minimum atomic E-state index is -0.510. The van der Waals surface area contributed by atoms with Crippen molar-refractivity contribution in [2.45, 2.75) is 0 Å². The van der Waals surface area contributed by atoms with Gasteiger partial charge in [0.25, 0.3) is 5.91 Å². The summed E-state index contributed by atoms with van der Waals surface area (Å²) in [4.78, 5) is 26.1. The Morgan fingerprint density at radius 1 is 0.900 bits per heavy atom. The van der Waals surface area contributed by atoms with Gasteiger partial charge in [-0.1, -0.05) is 54.1 Å². The third-order valence-corrected chi connectivity index (χ3v) is 4.82. The predicted molar refractivity (Wildman–Crippen MR) is 117 cm³/mol. The van der Waals surface area contributed by atoms with Gasteiger partial charge in [0.15, 0.2) is 0 Å². The van der Waals surface area contributed by atoms with Crippen molar-refractivity contribution in [3.8, 4) is 16.9 Å². The Labute approximate surface area is 177 Å². The number of para-hydroxylation sites is 1. The summed E-state index contributed by atoms with van der Waals surface area (Å²) in [6.45, 7) is 0. The third-order valence-electron chi connectivity index (χ3n) is 4.57. The second-order valence-corrected chi connectivity index (χ2v) is 7.00. The average molecular weight is 419 g/mol. The molecule has 0 amide bonds. The maximum Gasteiger partial charge on any atom is 0.340 e. The lowest BCUT2D eigenvalue weighted by atomic mass is 10.1. The molecule has 0 spiro atoms. The van der Waals surface area contributed by atoms with Crippen LogP contribution in [0.5, 0.6) is 0 Å². The van der Waals surface area contributed by atoms with Crippen molar-refractivity contribution in [2.75, 3.05) is 0 Å². The first-order chi connectivity index (χ1) is 14.5. The standard InChI is InChI=1S/C24H16ClFN2O2/c25-19-11-9-18(10-12-19)22-16-27(21-4-2-1-3-5-21)24(30)28(22)23(29)15-8-17-6-13-20(26)14-7-17/h1-16H/b15-8+. The van der Waals surface area contributed by atoms with Crippen LogP contribution in [0.15, 0.2) is 95.9 Å². The first-order valence-corrected chi connectivity index (χ1v) is 9.54. The van der Waals surface area contributed by atoms with Crippen molar-refractivity contribution >= 4 is 23.6 Å². The van der Waals surface area contributed by atoms with Crippen LogP contribution in [-0.2, 0) is 0 Å². The van der Waals surface area contributed by atoms with E-state index >= 15 is 0 Å². The third kappa shape index (κ3) is 4.02. The van der Waals surface area contributed by atoms with Crippen LogP contribution >= 0.6 is 11.6 Å². The van der Waals surface area contributed by atoms with E-state index in [1.165, 1.54) is 22.8 Å². The first-order valence-electron chi connectivity index (χ1n) is 9.17. The highest BCUT2D eigenvalue weighted by Crippen LogP contribution is 2.22. The molecular weight excluding hydrogens is 403 g/mol. The molecule has 0 atom stereocenters. The van der Waals surface area contributed by atoms with Crippen LogP contribution in [0.4, 0.5) is 4.39 Å². The molecule has 6 heteroatoms. The molecule has 1 heterocycles. The van der Waals surface area contributed by atoms with Gasteiger partial charge in [0.05, 0.1) is 11.4 Å². The highest BCUT2D eigenvalue weighted by Gasteiger charge is 2.18. The molecule has 0 fully saturated rings. The van der Waals surface area contributed by atoms with Gasteiger partial charge in [0.1, 0.15) is 5.82 Å². The van der Waals surface area contributed by atoms with E-state index in [1.54, 1.807) is 60.8 Å². The van der Waals surface area contributed by atoms with Gasteiger partial charge in [-0.25, -0.2) is 13.8 Å². The maximum atomic E-state index is 13.1. The molecule has 4 rings (SSSR count). The lowest BCUT2D eigenvalue weighted by molar-refractivity contribution is 0.0967. The summed E-state index contributed by atoms with van der Waals surface area (Å²) in [5.74, 6) is -0.872. The van der Waals surface area contributed by atoms with Crippen molar-refractivity contribution in [2.24, 2.45) is 0 Å². The first kappa shape index (κ1) is 19.6. The van der Waals surface area contributed by atoms with Crippen LogP contribution in [0.1, 0.15) is 10.4 Å². The summed E-state index contributed by atoms with van der Waals surface area (Å²) >= 11 is 5.98. The van der Waals surface area contributed by atoms with E-state index in [-0.39, 0.29) is 5.82 Å². The number of imidazole rings is 1. The van der Waals surface area contributed by atoms with Gasteiger partial charge in [0.2, 0.25) is 0 Å². The Hall–Kier alpha value is -3.70. The topological polar surface area (TPSA) is 44.0 Å². The zero-order valence-electron chi connectivity index (χ0n) is 15.7. The Kier molecular flexibility index (Phi) is 5.46. The fourth-order valence-corrected chi connectivity index (χ4v) is 3.20. The Morgan fingerprint density at radius 2 is 1.57 bits per heavy atom. The van der Waals surface area contributed by atoms with Crippen molar-refractivity contribution in [3.05, 3.63) is 118 Å². The molecule has 0 unspecified atom stereocenters. The number of nitrogens with zero attached hydrogens (tertiary/aromatic N) is 2. The molecule has 1 aromatic heterocycles. The number of carbonyl (C=O) groups is 1. The lowest BCUT2D eigenvalue weighted by Gasteiger charge is -2.04. The minimum absolute atomic E-state index is 0.361. The Bertz CT molecular complexity index is 1270. The van der Waals surface area contributed by atoms with Gasteiger partial charge in [-0.3, -0.25) is 9.36 Å². The SMILES string of the molecule is O=C(/C=C/c1ccc(F)cc1)n1c(-c2ccc(Cl)cc2)cn(-c2ccccc2)c1=O. The van der Waals surface area contributed by atoms with Crippen LogP contribution in [0.3, 0.4) is 0 Å². The van der Waals surface area contributed by atoms with Crippen molar-refractivity contribution in [1.29, 1.82) is 0 Å². The molecule has 0 saturated heterocycles. The summed E-state index contributed by atoms with van der Waals surface area (Å²) < 4.78 is 15.6. The number of benzene rings is 3. The Morgan fingerprint density at radius 3 is 2.23 bits per heavy atom. The van der Waals surface area contributed by atoms with Crippen LogP contribution < -0.4 is 5.69 Å². The molecule has 148 valence electrons. The Balaban J connectivity index is 1.81. The second kappa shape index (κ2) is 8.35. The average Bonchev–Trinajstić information content (AvgIpc) is 3.11. The monoisotopic (exact) mass is 418 g/mol. The summed E-state index contributed by atoms with van der Waals surface area (Å²) in [6.07, 6.45) is 4.47. The number of halogens is 2. The van der Waals surface area contributed by atoms with Gasteiger partial charge in [-0.05, 0) is 48.0 Å².